The fourth-order valence-electron chi connectivity index (χ4n) is 3.71. The predicted molar refractivity (Wildman–Crippen MR) is 127 cm³/mol. The van der Waals surface area contributed by atoms with Crippen molar-refractivity contribution in [3.8, 4) is 0 Å². The molecule has 1 heterocycles. The molecule has 0 amide bonds. The highest BCUT2D eigenvalue weighted by Crippen LogP contribution is 2.55. The van der Waals surface area contributed by atoms with Gasteiger partial charge in [-0.3, -0.25) is 9.36 Å². The van der Waals surface area contributed by atoms with Gasteiger partial charge in [-0.05, 0) is 76.9 Å². The standard InChI is InChI=1S/C23H30F3N2O6PS/c1-6-31-35(30,32-7-2)17(19(29)33-21(3,4)5)14-18-27-20(28-34-18)22(12-13-22)15-8-10-16(11-9-15)36-23(24,25)26/h8-11,17H,6-7,12-14H2,1-5H3. The number of rotatable bonds is 11. The van der Waals surface area contributed by atoms with Crippen molar-refractivity contribution in [2.24, 2.45) is 0 Å². The second-order valence-electron chi connectivity index (χ2n) is 9.29. The number of hydrogen-bond acceptors (Lipinski definition) is 9. The van der Waals surface area contributed by atoms with E-state index in [2.05, 4.69) is 10.1 Å². The van der Waals surface area contributed by atoms with Gasteiger partial charge in [0.05, 0.1) is 25.0 Å². The van der Waals surface area contributed by atoms with Crippen LogP contribution in [-0.4, -0.2) is 46.1 Å². The van der Waals surface area contributed by atoms with Gasteiger partial charge in [-0.15, -0.1) is 0 Å². The van der Waals surface area contributed by atoms with Crippen LogP contribution in [0.25, 0.3) is 0 Å². The van der Waals surface area contributed by atoms with E-state index in [1.807, 2.05) is 0 Å². The molecule has 1 aromatic heterocycles. The van der Waals surface area contributed by atoms with E-state index in [4.69, 9.17) is 18.3 Å². The molecular formula is C23H30F3N2O6PS. The number of halogens is 3. The number of hydrogen-bond donors (Lipinski definition) is 0. The molecule has 1 unspecified atom stereocenters. The summed E-state index contributed by atoms with van der Waals surface area (Å²) < 4.78 is 73.1. The molecule has 1 atom stereocenters. The van der Waals surface area contributed by atoms with E-state index in [0.717, 1.165) is 5.56 Å². The monoisotopic (exact) mass is 550 g/mol. The van der Waals surface area contributed by atoms with E-state index in [1.165, 1.54) is 12.1 Å². The van der Waals surface area contributed by atoms with Gasteiger partial charge in [0.1, 0.15) is 5.60 Å². The first kappa shape index (κ1) is 28.7. The summed E-state index contributed by atoms with van der Waals surface area (Å²) in [6.45, 7) is 8.45. The Labute approximate surface area is 212 Å². The van der Waals surface area contributed by atoms with Gasteiger partial charge in [0.2, 0.25) is 5.89 Å². The Kier molecular flexibility index (Phi) is 8.65. The highest BCUT2D eigenvalue weighted by molar-refractivity contribution is 8.00. The molecule has 1 saturated carbocycles. The minimum Gasteiger partial charge on any atom is -0.459 e. The van der Waals surface area contributed by atoms with Crippen molar-refractivity contribution in [2.45, 2.75) is 81.0 Å². The van der Waals surface area contributed by atoms with Crippen molar-refractivity contribution in [3.05, 3.63) is 41.5 Å². The lowest BCUT2D eigenvalue weighted by atomic mass is 9.95. The Hall–Kier alpha value is -1.88. The topological polar surface area (TPSA) is 101 Å². The van der Waals surface area contributed by atoms with Crippen LogP contribution in [0.2, 0.25) is 0 Å². The molecule has 3 rings (SSSR count). The van der Waals surface area contributed by atoms with Gasteiger partial charge in [-0.1, -0.05) is 17.3 Å². The highest BCUT2D eigenvalue weighted by Gasteiger charge is 2.51. The number of ether oxygens (including phenoxy) is 1. The summed E-state index contributed by atoms with van der Waals surface area (Å²) in [7, 11) is -3.93. The molecule has 200 valence electrons. The summed E-state index contributed by atoms with van der Waals surface area (Å²) in [5.74, 6) is -0.373. The lowest BCUT2D eigenvalue weighted by Crippen LogP contribution is -2.34. The fourth-order valence-corrected chi connectivity index (χ4v) is 6.10. The van der Waals surface area contributed by atoms with Gasteiger partial charge in [-0.25, -0.2) is 0 Å². The minimum absolute atomic E-state index is 0.0519. The third kappa shape index (κ3) is 7.12. The maximum absolute atomic E-state index is 13.5. The molecule has 0 N–H and O–H groups in total. The normalized spacial score (nSPS) is 16.6. The predicted octanol–water partition coefficient (Wildman–Crippen LogP) is 6.28. The zero-order valence-corrected chi connectivity index (χ0v) is 22.5. The van der Waals surface area contributed by atoms with Gasteiger partial charge in [0.15, 0.2) is 11.5 Å². The first-order chi connectivity index (χ1) is 16.7. The Balaban J connectivity index is 1.85. The molecule has 0 saturated heterocycles. The van der Waals surface area contributed by atoms with Crippen molar-refractivity contribution >= 4 is 25.3 Å². The molecule has 13 heteroatoms. The maximum atomic E-state index is 13.5. The van der Waals surface area contributed by atoms with Crippen molar-refractivity contribution in [3.63, 3.8) is 0 Å². The number of nitrogens with zero attached hydrogens (tertiary/aromatic N) is 2. The maximum Gasteiger partial charge on any atom is 0.446 e. The average Bonchev–Trinajstić information content (AvgIpc) is 3.41. The Morgan fingerprint density at radius 2 is 1.72 bits per heavy atom. The molecule has 2 aromatic rings. The number of aromatic nitrogens is 2. The summed E-state index contributed by atoms with van der Waals surface area (Å²) in [5, 5.41) is 4.07. The van der Waals surface area contributed by atoms with Crippen LogP contribution in [0.1, 0.15) is 64.7 Å². The lowest BCUT2D eigenvalue weighted by molar-refractivity contribution is -0.154. The minimum atomic E-state index is -4.37. The number of thioether (sulfide) groups is 1. The van der Waals surface area contributed by atoms with Crippen LogP contribution < -0.4 is 0 Å². The smallest absolute Gasteiger partial charge is 0.446 e. The zero-order valence-electron chi connectivity index (χ0n) is 20.8. The number of benzene rings is 1. The van der Waals surface area contributed by atoms with E-state index in [0.29, 0.717) is 18.7 Å². The molecule has 0 radical (unpaired) electrons. The highest BCUT2D eigenvalue weighted by atomic mass is 32.2. The first-order valence-electron chi connectivity index (χ1n) is 11.5. The first-order valence-corrected chi connectivity index (χ1v) is 13.9. The molecule has 1 fully saturated rings. The summed E-state index contributed by atoms with van der Waals surface area (Å²) in [5.41, 5.74) is -6.35. The zero-order chi connectivity index (χ0) is 26.8. The molecule has 0 bridgehead atoms. The molecule has 36 heavy (non-hydrogen) atoms. The van der Waals surface area contributed by atoms with Crippen LogP contribution >= 0.6 is 19.4 Å². The quantitative estimate of drug-likeness (QED) is 0.182. The number of carbonyl (C=O) groups is 1. The van der Waals surface area contributed by atoms with Crippen LogP contribution in [0.3, 0.4) is 0 Å². The summed E-state index contributed by atoms with van der Waals surface area (Å²) in [4.78, 5) is 17.5. The van der Waals surface area contributed by atoms with Crippen LogP contribution in [-0.2, 0) is 35.0 Å². The molecule has 1 aliphatic carbocycles. The van der Waals surface area contributed by atoms with Gasteiger partial charge in [0.25, 0.3) is 0 Å². The molecular weight excluding hydrogens is 520 g/mol. The largest absolute Gasteiger partial charge is 0.459 e. The van der Waals surface area contributed by atoms with E-state index in [-0.39, 0.29) is 42.2 Å². The third-order valence-electron chi connectivity index (χ3n) is 5.33. The third-order valence-corrected chi connectivity index (χ3v) is 8.47. The van der Waals surface area contributed by atoms with Crippen LogP contribution in [0.5, 0.6) is 0 Å². The Morgan fingerprint density at radius 1 is 1.14 bits per heavy atom. The van der Waals surface area contributed by atoms with Crippen molar-refractivity contribution in [1.82, 2.24) is 10.1 Å². The summed E-state index contributed by atoms with van der Waals surface area (Å²) in [6.07, 6.45) is 1.14. The Morgan fingerprint density at radius 3 is 2.19 bits per heavy atom. The fraction of sp³-hybridized carbons (Fsp3) is 0.609. The van der Waals surface area contributed by atoms with Gasteiger partial charge in [-0.2, -0.15) is 18.2 Å². The van der Waals surface area contributed by atoms with E-state index < -0.39 is 35.7 Å². The van der Waals surface area contributed by atoms with Crippen molar-refractivity contribution in [1.29, 1.82) is 0 Å². The van der Waals surface area contributed by atoms with E-state index in [9.17, 15) is 22.5 Å². The second-order valence-corrected chi connectivity index (χ2v) is 12.7. The molecule has 1 aliphatic rings. The van der Waals surface area contributed by atoms with Crippen LogP contribution in [0, 0.1) is 0 Å². The average molecular weight is 551 g/mol. The molecule has 1 aromatic carbocycles. The number of carbonyl (C=O) groups excluding carboxylic acids is 1. The molecule has 0 spiro atoms. The van der Waals surface area contributed by atoms with Crippen LogP contribution in [0.15, 0.2) is 33.7 Å². The lowest BCUT2D eigenvalue weighted by Gasteiger charge is -2.27. The Bertz CT molecular complexity index is 1090. The second kappa shape index (κ2) is 10.8. The SMILES string of the molecule is CCOP(=O)(OCC)C(Cc1nc(C2(c3ccc(SC(F)(F)F)cc3)CC2)no1)C(=O)OC(C)(C)C. The number of esters is 1. The van der Waals surface area contributed by atoms with Crippen LogP contribution in [0.4, 0.5) is 13.2 Å². The molecule has 0 aliphatic heterocycles. The van der Waals surface area contributed by atoms with Gasteiger partial charge in [0, 0.05) is 4.90 Å². The van der Waals surface area contributed by atoms with Crippen molar-refractivity contribution < 1.29 is 40.8 Å². The summed E-state index contributed by atoms with van der Waals surface area (Å²) in [6, 6.07) is 6.07. The van der Waals surface area contributed by atoms with E-state index >= 15 is 0 Å². The van der Waals surface area contributed by atoms with Crippen molar-refractivity contribution in [2.75, 3.05) is 13.2 Å². The number of alkyl halides is 3. The summed E-state index contributed by atoms with van der Waals surface area (Å²) >= 11 is -0.180. The van der Waals surface area contributed by atoms with Gasteiger partial charge < -0.3 is 18.3 Å². The van der Waals surface area contributed by atoms with Gasteiger partial charge >= 0.3 is 19.1 Å². The molecule has 8 nitrogen and oxygen atoms in total. The van der Waals surface area contributed by atoms with E-state index in [1.54, 1.807) is 46.8 Å².